The Morgan fingerprint density at radius 2 is 2.04 bits per heavy atom. The van der Waals surface area contributed by atoms with Crippen LogP contribution in [0.3, 0.4) is 0 Å². The van der Waals surface area contributed by atoms with E-state index in [0.717, 1.165) is 11.0 Å². The zero-order valence-electron chi connectivity index (χ0n) is 14.1. The molecule has 0 spiro atoms. The number of rotatable bonds is 5. The van der Waals surface area contributed by atoms with E-state index in [-0.39, 0.29) is 10.6 Å². The number of nitrogens with zero attached hydrogens (tertiary/aromatic N) is 2. The maximum atomic E-state index is 13.9. The van der Waals surface area contributed by atoms with Crippen LogP contribution in [0.4, 0.5) is 10.1 Å². The van der Waals surface area contributed by atoms with Gasteiger partial charge in [-0.1, -0.05) is 18.2 Å². The maximum absolute atomic E-state index is 13.9. The number of anilines is 1. The molecule has 9 heteroatoms. The van der Waals surface area contributed by atoms with Crippen molar-refractivity contribution < 1.29 is 17.5 Å². The zero-order valence-corrected chi connectivity index (χ0v) is 15.7. The number of para-hydroxylation sites is 1. The Hall–Kier alpha value is -2.91. The minimum atomic E-state index is -3.99. The van der Waals surface area contributed by atoms with Crippen LogP contribution in [0.5, 0.6) is 5.75 Å². The van der Waals surface area contributed by atoms with Crippen molar-refractivity contribution in [2.45, 2.75) is 4.90 Å². The lowest BCUT2D eigenvalue weighted by molar-refractivity contribution is 0.385. The summed E-state index contributed by atoms with van der Waals surface area (Å²) in [5.74, 6) is -0.768. The lowest BCUT2D eigenvalue weighted by Crippen LogP contribution is -2.14. The monoisotopic (exact) mass is 403 g/mol. The number of aromatic nitrogens is 2. The van der Waals surface area contributed by atoms with Gasteiger partial charge >= 0.3 is 0 Å². The summed E-state index contributed by atoms with van der Waals surface area (Å²) in [6, 6.07) is 10.4. The molecule has 1 N–H and O–H groups in total. The number of methoxy groups -OCH3 is 1. The molecule has 4 aromatic rings. The molecule has 2 aromatic heterocycles. The van der Waals surface area contributed by atoms with Crippen molar-refractivity contribution in [3.8, 4) is 17.0 Å². The standard InChI is InChI=1S/C18H14FN3O3S2/c1-25-17-7-6-12(10-14(17)19)27(23,24)21-15-5-3-2-4-13(15)16-11-22-8-9-26-18(22)20-16/h2-11,21H,1H3. The highest BCUT2D eigenvalue weighted by Crippen LogP contribution is 2.30. The molecule has 0 unspecified atom stereocenters. The third kappa shape index (κ3) is 3.26. The molecule has 0 aliphatic heterocycles. The van der Waals surface area contributed by atoms with Crippen LogP contribution in [0.25, 0.3) is 16.2 Å². The van der Waals surface area contributed by atoms with Gasteiger partial charge in [-0.3, -0.25) is 9.12 Å². The molecule has 2 heterocycles. The average molecular weight is 403 g/mol. The first-order valence-electron chi connectivity index (χ1n) is 7.86. The fourth-order valence-electron chi connectivity index (χ4n) is 2.67. The lowest BCUT2D eigenvalue weighted by Gasteiger charge is -2.12. The molecule has 0 atom stereocenters. The van der Waals surface area contributed by atoms with E-state index in [1.807, 2.05) is 22.2 Å². The van der Waals surface area contributed by atoms with Crippen LogP contribution in [0.2, 0.25) is 0 Å². The minimum Gasteiger partial charge on any atom is -0.494 e. The van der Waals surface area contributed by atoms with E-state index in [0.29, 0.717) is 16.9 Å². The van der Waals surface area contributed by atoms with E-state index in [1.54, 1.807) is 24.3 Å². The Bertz CT molecular complexity index is 1200. The average Bonchev–Trinajstić information content (AvgIpc) is 3.23. The summed E-state index contributed by atoms with van der Waals surface area (Å²) in [7, 11) is -2.67. The summed E-state index contributed by atoms with van der Waals surface area (Å²) < 4.78 is 48.6. The van der Waals surface area contributed by atoms with E-state index in [2.05, 4.69) is 9.71 Å². The number of hydrogen-bond acceptors (Lipinski definition) is 5. The van der Waals surface area contributed by atoms with E-state index in [1.165, 1.54) is 30.6 Å². The molecule has 2 aromatic carbocycles. The predicted molar refractivity (Wildman–Crippen MR) is 102 cm³/mol. The molecule has 0 saturated heterocycles. The summed E-state index contributed by atoms with van der Waals surface area (Å²) in [5, 5.41) is 1.92. The van der Waals surface area contributed by atoms with Gasteiger partial charge in [0.2, 0.25) is 0 Å². The van der Waals surface area contributed by atoms with Crippen LogP contribution in [0.1, 0.15) is 0 Å². The van der Waals surface area contributed by atoms with Crippen molar-refractivity contribution in [3.05, 3.63) is 66.1 Å². The highest BCUT2D eigenvalue weighted by Gasteiger charge is 2.19. The fourth-order valence-corrected chi connectivity index (χ4v) is 4.46. The molecule has 0 aliphatic carbocycles. The van der Waals surface area contributed by atoms with Crippen molar-refractivity contribution in [1.29, 1.82) is 0 Å². The zero-order chi connectivity index (χ0) is 19.0. The first-order valence-corrected chi connectivity index (χ1v) is 10.2. The van der Waals surface area contributed by atoms with Gasteiger partial charge in [-0.25, -0.2) is 17.8 Å². The van der Waals surface area contributed by atoms with Gasteiger partial charge in [0.05, 0.1) is 23.4 Å². The second kappa shape index (κ2) is 6.67. The number of sulfonamides is 1. The van der Waals surface area contributed by atoms with Crippen molar-refractivity contribution in [3.63, 3.8) is 0 Å². The van der Waals surface area contributed by atoms with Crippen LogP contribution in [0.15, 0.2) is 65.1 Å². The van der Waals surface area contributed by atoms with Gasteiger partial charge in [0.1, 0.15) is 0 Å². The second-order valence-corrected chi connectivity index (χ2v) is 8.22. The highest BCUT2D eigenvalue weighted by atomic mass is 32.2. The van der Waals surface area contributed by atoms with Gasteiger partial charge in [0, 0.05) is 23.3 Å². The summed E-state index contributed by atoms with van der Waals surface area (Å²) in [6.07, 6.45) is 3.70. The molecule has 0 fully saturated rings. The first-order chi connectivity index (χ1) is 13.0. The number of fused-ring (bicyclic) bond motifs is 1. The summed E-state index contributed by atoms with van der Waals surface area (Å²) in [4.78, 5) is 5.13. The summed E-state index contributed by atoms with van der Waals surface area (Å²) in [6.45, 7) is 0. The molecule has 0 aliphatic rings. The molecule has 0 bridgehead atoms. The quantitative estimate of drug-likeness (QED) is 0.546. The van der Waals surface area contributed by atoms with E-state index >= 15 is 0 Å². The second-order valence-electron chi connectivity index (χ2n) is 5.67. The molecular formula is C18H14FN3O3S2. The normalized spacial score (nSPS) is 11.6. The molecule has 138 valence electrons. The predicted octanol–water partition coefficient (Wildman–Crippen LogP) is 4.01. The topological polar surface area (TPSA) is 72.7 Å². The highest BCUT2D eigenvalue weighted by molar-refractivity contribution is 7.92. The number of hydrogen-bond donors (Lipinski definition) is 1. The van der Waals surface area contributed by atoms with Gasteiger partial charge in [0.25, 0.3) is 10.0 Å². The molecular weight excluding hydrogens is 389 g/mol. The first kappa shape index (κ1) is 17.5. The van der Waals surface area contributed by atoms with Crippen molar-refractivity contribution in [2.24, 2.45) is 0 Å². The fraction of sp³-hybridized carbons (Fsp3) is 0.0556. The number of nitrogens with one attached hydrogen (secondary N) is 1. The van der Waals surface area contributed by atoms with Crippen LogP contribution in [-0.2, 0) is 10.0 Å². The van der Waals surface area contributed by atoms with Gasteiger partial charge in [-0.2, -0.15) is 0 Å². The van der Waals surface area contributed by atoms with Crippen LogP contribution in [0, 0.1) is 5.82 Å². The number of halogens is 1. The van der Waals surface area contributed by atoms with Gasteiger partial charge in [-0.15, -0.1) is 11.3 Å². The Morgan fingerprint density at radius 1 is 1.22 bits per heavy atom. The molecule has 4 rings (SSSR count). The molecule has 0 radical (unpaired) electrons. The Balaban J connectivity index is 1.72. The largest absolute Gasteiger partial charge is 0.494 e. The van der Waals surface area contributed by atoms with Gasteiger partial charge in [0.15, 0.2) is 16.5 Å². The SMILES string of the molecule is COc1ccc(S(=O)(=O)Nc2ccccc2-c2cn3ccsc3n2)cc1F. The van der Waals surface area contributed by atoms with E-state index in [9.17, 15) is 12.8 Å². The lowest BCUT2D eigenvalue weighted by atomic mass is 10.1. The number of thiazole rings is 1. The Labute approximate surface area is 158 Å². The number of benzene rings is 2. The number of imidazole rings is 1. The third-order valence-electron chi connectivity index (χ3n) is 3.97. The maximum Gasteiger partial charge on any atom is 0.262 e. The summed E-state index contributed by atoms with van der Waals surface area (Å²) in [5.41, 5.74) is 1.63. The summed E-state index contributed by atoms with van der Waals surface area (Å²) >= 11 is 1.48. The van der Waals surface area contributed by atoms with Crippen LogP contribution < -0.4 is 9.46 Å². The minimum absolute atomic E-state index is 0.0209. The number of ether oxygens (including phenoxy) is 1. The Morgan fingerprint density at radius 3 is 2.78 bits per heavy atom. The van der Waals surface area contributed by atoms with Gasteiger partial charge < -0.3 is 4.74 Å². The molecule has 0 saturated carbocycles. The smallest absolute Gasteiger partial charge is 0.262 e. The van der Waals surface area contributed by atoms with Crippen LogP contribution in [-0.4, -0.2) is 24.9 Å². The van der Waals surface area contributed by atoms with Crippen molar-refractivity contribution >= 4 is 32.0 Å². The molecule has 27 heavy (non-hydrogen) atoms. The molecule has 0 amide bonds. The van der Waals surface area contributed by atoms with Crippen LogP contribution >= 0.6 is 11.3 Å². The third-order valence-corrected chi connectivity index (χ3v) is 6.11. The van der Waals surface area contributed by atoms with E-state index < -0.39 is 15.8 Å². The van der Waals surface area contributed by atoms with Gasteiger partial charge in [-0.05, 0) is 24.3 Å². The Kier molecular flexibility index (Phi) is 4.33. The van der Waals surface area contributed by atoms with Crippen molar-refractivity contribution in [2.75, 3.05) is 11.8 Å². The van der Waals surface area contributed by atoms with Crippen molar-refractivity contribution in [1.82, 2.24) is 9.38 Å². The van der Waals surface area contributed by atoms with E-state index in [4.69, 9.17) is 4.74 Å². The molecule has 6 nitrogen and oxygen atoms in total.